The van der Waals surface area contributed by atoms with Crippen molar-refractivity contribution in [2.24, 2.45) is 0 Å². The first-order valence-electron chi connectivity index (χ1n) is 6.53. The number of hydrogen-bond donors (Lipinski definition) is 1. The summed E-state index contributed by atoms with van der Waals surface area (Å²) in [6.45, 7) is 3.75. The third-order valence-corrected chi connectivity index (χ3v) is 5.74. The van der Waals surface area contributed by atoms with Crippen LogP contribution in [0.4, 0.5) is 0 Å². The van der Waals surface area contributed by atoms with E-state index in [9.17, 15) is 8.42 Å². The molecule has 108 valence electrons. The quantitative estimate of drug-likeness (QED) is 0.823. The Bertz CT molecular complexity index is 514. The Labute approximate surface area is 124 Å². The second kappa shape index (κ2) is 7.41. The molecule has 1 unspecified atom stereocenters. The molecular formula is C14H22BrNO2S. The van der Waals surface area contributed by atoms with Gasteiger partial charge in [0.15, 0.2) is 0 Å². The molecule has 0 aliphatic carbocycles. The van der Waals surface area contributed by atoms with E-state index in [2.05, 4.69) is 46.4 Å². The molecule has 0 saturated heterocycles. The van der Waals surface area contributed by atoms with Crippen LogP contribution in [0, 0.1) is 6.92 Å². The number of hydrogen-bond acceptors (Lipinski definition) is 3. The first kappa shape index (κ1) is 16.7. The van der Waals surface area contributed by atoms with Gasteiger partial charge in [0, 0.05) is 16.3 Å². The van der Waals surface area contributed by atoms with Gasteiger partial charge in [0.1, 0.15) is 9.84 Å². The normalized spacial score (nSPS) is 13.5. The highest BCUT2D eigenvalue weighted by atomic mass is 79.9. The first-order valence-corrected chi connectivity index (χ1v) is 9.14. The summed E-state index contributed by atoms with van der Waals surface area (Å²) in [5.74, 6) is 0.497. The van der Waals surface area contributed by atoms with E-state index in [0.29, 0.717) is 6.42 Å². The van der Waals surface area contributed by atoms with Gasteiger partial charge in [-0.25, -0.2) is 8.42 Å². The molecule has 1 N–H and O–H groups in total. The Morgan fingerprint density at radius 2 is 2.05 bits per heavy atom. The van der Waals surface area contributed by atoms with E-state index < -0.39 is 9.84 Å². The topological polar surface area (TPSA) is 46.2 Å². The van der Waals surface area contributed by atoms with Gasteiger partial charge >= 0.3 is 0 Å². The number of nitrogens with one attached hydrogen (secondary N) is 1. The fourth-order valence-electron chi connectivity index (χ4n) is 2.02. The molecule has 0 aromatic heterocycles. The van der Waals surface area contributed by atoms with E-state index in [0.717, 1.165) is 10.9 Å². The van der Waals surface area contributed by atoms with E-state index in [1.165, 1.54) is 11.1 Å². The Morgan fingerprint density at radius 1 is 1.37 bits per heavy atom. The van der Waals surface area contributed by atoms with Crippen molar-refractivity contribution >= 4 is 25.8 Å². The lowest BCUT2D eigenvalue weighted by Crippen LogP contribution is -2.18. The average Bonchev–Trinajstić information content (AvgIpc) is 2.36. The van der Waals surface area contributed by atoms with Crippen molar-refractivity contribution in [3.05, 3.63) is 33.8 Å². The lowest BCUT2D eigenvalue weighted by atomic mass is 10.0. The number of rotatable bonds is 7. The van der Waals surface area contributed by atoms with Gasteiger partial charge < -0.3 is 5.32 Å². The summed E-state index contributed by atoms with van der Waals surface area (Å²) in [4.78, 5) is 0. The van der Waals surface area contributed by atoms with Gasteiger partial charge in [0.2, 0.25) is 0 Å². The van der Waals surface area contributed by atoms with Gasteiger partial charge in [-0.15, -0.1) is 0 Å². The second-order valence-electron chi connectivity index (χ2n) is 4.74. The third-order valence-electron chi connectivity index (χ3n) is 3.27. The first-order chi connectivity index (χ1) is 8.89. The highest BCUT2D eigenvalue weighted by molar-refractivity contribution is 9.10. The molecule has 1 aromatic rings. The summed E-state index contributed by atoms with van der Waals surface area (Å²) in [5, 5.41) is 3.26. The summed E-state index contributed by atoms with van der Waals surface area (Å²) in [6.07, 6.45) is 1.50. The summed E-state index contributed by atoms with van der Waals surface area (Å²) < 4.78 is 24.0. The minimum atomic E-state index is -2.86. The zero-order valence-electron chi connectivity index (χ0n) is 11.7. The molecule has 0 heterocycles. The van der Waals surface area contributed by atoms with Crippen molar-refractivity contribution in [2.75, 3.05) is 18.6 Å². The van der Waals surface area contributed by atoms with E-state index >= 15 is 0 Å². The number of sulfone groups is 1. The molecule has 0 spiro atoms. The SMILES string of the molecule is CCS(=O)(=O)CCCC(NC)c1ccc(C)cc1Br. The van der Waals surface area contributed by atoms with E-state index in [1.807, 2.05) is 7.05 Å². The Hall–Kier alpha value is -0.390. The Balaban J connectivity index is 2.68. The van der Waals surface area contributed by atoms with Gasteiger partial charge in [0.05, 0.1) is 5.75 Å². The monoisotopic (exact) mass is 347 g/mol. The molecule has 0 amide bonds. The summed E-state index contributed by atoms with van der Waals surface area (Å²) in [6, 6.07) is 6.44. The molecule has 1 aromatic carbocycles. The maximum Gasteiger partial charge on any atom is 0.150 e. The van der Waals surface area contributed by atoms with Crippen LogP contribution >= 0.6 is 15.9 Å². The standard InChI is InChI=1S/C14H22BrNO2S/c1-4-19(17,18)9-5-6-14(16-3)12-8-7-11(2)10-13(12)15/h7-8,10,14,16H,4-6,9H2,1-3H3. The van der Waals surface area contributed by atoms with Crippen LogP contribution in [0.1, 0.15) is 36.9 Å². The minimum absolute atomic E-state index is 0.182. The molecule has 0 radical (unpaired) electrons. The smallest absolute Gasteiger partial charge is 0.150 e. The Kier molecular flexibility index (Phi) is 6.50. The lowest BCUT2D eigenvalue weighted by molar-refractivity contribution is 0.534. The predicted octanol–water partition coefficient (Wildman–Crippen LogP) is 3.23. The molecule has 0 saturated carbocycles. The molecule has 3 nitrogen and oxygen atoms in total. The predicted molar refractivity (Wildman–Crippen MR) is 84.2 cm³/mol. The molecule has 0 aliphatic rings. The molecule has 0 bridgehead atoms. The van der Waals surface area contributed by atoms with Gasteiger partial charge in [-0.2, -0.15) is 0 Å². The largest absolute Gasteiger partial charge is 0.313 e. The van der Waals surface area contributed by atoms with Gasteiger partial charge in [-0.3, -0.25) is 0 Å². The van der Waals surface area contributed by atoms with Crippen LogP contribution in [0.2, 0.25) is 0 Å². The fraction of sp³-hybridized carbons (Fsp3) is 0.571. The minimum Gasteiger partial charge on any atom is -0.313 e. The summed E-state index contributed by atoms with van der Waals surface area (Å²) in [7, 11) is -0.954. The molecule has 19 heavy (non-hydrogen) atoms. The molecule has 5 heteroatoms. The number of aryl methyl sites for hydroxylation is 1. The number of halogens is 1. The fourth-order valence-corrected chi connectivity index (χ4v) is 3.69. The van der Waals surface area contributed by atoms with Crippen LogP contribution < -0.4 is 5.32 Å². The molecule has 1 atom stereocenters. The summed E-state index contributed by atoms with van der Waals surface area (Å²) in [5.41, 5.74) is 2.39. The summed E-state index contributed by atoms with van der Waals surface area (Å²) >= 11 is 3.58. The van der Waals surface area contributed by atoms with Crippen LogP contribution in [-0.2, 0) is 9.84 Å². The van der Waals surface area contributed by atoms with E-state index in [4.69, 9.17) is 0 Å². The van der Waals surface area contributed by atoms with Crippen LogP contribution in [0.5, 0.6) is 0 Å². The Morgan fingerprint density at radius 3 is 2.58 bits per heavy atom. The van der Waals surface area contributed by atoms with Gasteiger partial charge in [-0.05, 0) is 44.0 Å². The molecular weight excluding hydrogens is 326 g/mol. The molecule has 0 aliphatic heterocycles. The second-order valence-corrected chi connectivity index (χ2v) is 8.07. The van der Waals surface area contributed by atoms with Crippen molar-refractivity contribution in [1.29, 1.82) is 0 Å². The average molecular weight is 348 g/mol. The van der Waals surface area contributed by atoms with Crippen molar-refractivity contribution in [2.45, 2.75) is 32.7 Å². The molecule has 1 rings (SSSR count). The number of benzene rings is 1. The zero-order valence-corrected chi connectivity index (χ0v) is 14.1. The van der Waals surface area contributed by atoms with Crippen molar-refractivity contribution in [1.82, 2.24) is 5.32 Å². The van der Waals surface area contributed by atoms with Crippen LogP contribution in [-0.4, -0.2) is 27.0 Å². The zero-order chi connectivity index (χ0) is 14.5. The van der Waals surface area contributed by atoms with E-state index in [1.54, 1.807) is 6.92 Å². The van der Waals surface area contributed by atoms with Gasteiger partial charge in [-0.1, -0.05) is 35.0 Å². The highest BCUT2D eigenvalue weighted by Crippen LogP contribution is 2.27. The maximum absolute atomic E-state index is 11.5. The van der Waals surface area contributed by atoms with Gasteiger partial charge in [0.25, 0.3) is 0 Å². The lowest BCUT2D eigenvalue weighted by Gasteiger charge is -2.18. The van der Waals surface area contributed by atoms with Crippen molar-refractivity contribution in [3.63, 3.8) is 0 Å². The molecule has 0 fully saturated rings. The van der Waals surface area contributed by atoms with Crippen molar-refractivity contribution in [3.8, 4) is 0 Å². The van der Waals surface area contributed by atoms with Crippen LogP contribution in [0.15, 0.2) is 22.7 Å². The third kappa shape index (κ3) is 5.24. The highest BCUT2D eigenvalue weighted by Gasteiger charge is 2.14. The van der Waals surface area contributed by atoms with Crippen LogP contribution in [0.25, 0.3) is 0 Å². The van der Waals surface area contributed by atoms with E-state index in [-0.39, 0.29) is 17.5 Å². The van der Waals surface area contributed by atoms with Crippen molar-refractivity contribution < 1.29 is 8.42 Å². The maximum atomic E-state index is 11.5. The van der Waals surface area contributed by atoms with Crippen LogP contribution in [0.3, 0.4) is 0 Å².